The zero-order chi connectivity index (χ0) is 17.3. The number of hydrogen-bond acceptors (Lipinski definition) is 3. The molecule has 0 unspecified atom stereocenters. The number of aryl methyl sites for hydroxylation is 1. The van der Waals surface area contributed by atoms with Crippen molar-refractivity contribution >= 4 is 38.9 Å². The van der Waals surface area contributed by atoms with E-state index in [2.05, 4.69) is 9.71 Å². The summed E-state index contributed by atoms with van der Waals surface area (Å²) in [5.74, 6) is 0. The molecule has 3 rings (SSSR count). The number of pyridine rings is 1. The van der Waals surface area contributed by atoms with Crippen LogP contribution in [0.25, 0.3) is 5.65 Å². The fraction of sp³-hybridized carbons (Fsp3) is 0.188. The Labute approximate surface area is 150 Å². The third kappa shape index (κ3) is 3.57. The maximum absolute atomic E-state index is 12.3. The third-order valence-corrected chi connectivity index (χ3v) is 5.82. The Balaban J connectivity index is 1.70. The summed E-state index contributed by atoms with van der Waals surface area (Å²) in [6.07, 6.45) is 2.40. The van der Waals surface area contributed by atoms with E-state index in [0.717, 1.165) is 17.0 Å². The summed E-state index contributed by atoms with van der Waals surface area (Å²) in [5.41, 5.74) is 2.74. The van der Waals surface area contributed by atoms with Crippen molar-refractivity contribution in [2.45, 2.75) is 18.2 Å². The number of fused-ring (bicyclic) bond motifs is 1. The highest BCUT2D eigenvalue weighted by molar-refractivity contribution is 7.89. The average molecular weight is 384 g/mol. The molecule has 0 aliphatic carbocycles. The van der Waals surface area contributed by atoms with Gasteiger partial charge in [-0.3, -0.25) is 0 Å². The molecule has 0 aliphatic heterocycles. The number of benzene rings is 1. The van der Waals surface area contributed by atoms with Crippen molar-refractivity contribution in [3.8, 4) is 0 Å². The van der Waals surface area contributed by atoms with E-state index in [1.54, 1.807) is 0 Å². The van der Waals surface area contributed by atoms with Crippen LogP contribution in [0.3, 0.4) is 0 Å². The molecule has 8 heteroatoms. The topological polar surface area (TPSA) is 63.5 Å². The summed E-state index contributed by atoms with van der Waals surface area (Å²) in [7, 11) is -3.64. The Hall–Kier alpha value is -1.60. The fourth-order valence-electron chi connectivity index (χ4n) is 2.36. The van der Waals surface area contributed by atoms with Crippen molar-refractivity contribution in [3.05, 3.63) is 64.0 Å². The summed E-state index contributed by atoms with van der Waals surface area (Å²) in [6.45, 7) is 2.23. The normalized spacial score (nSPS) is 12.0. The molecule has 0 fully saturated rings. The average Bonchev–Trinajstić information content (AvgIpc) is 2.94. The van der Waals surface area contributed by atoms with Crippen LogP contribution in [-0.4, -0.2) is 24.3 Å². The molecule has 0 aliphatic rings. The van der Waals surface area contributed by atoms with Crippen LogP contribution in [0.15, 0.2) is 47.5 Å². The first kappa shape index (κ1) is 17.2. The molecule has 0 bridgehead atoms. The van der Waals surface area contributed by atoms with Gasteiger partial charge in [-0.15, -0.1) is 0 Å². The number of aromatic nitrogens is 2. The molecule has 3 aromatic rings. The SMILES string of the molecule is Cc1cccc2nc(CCNS(=O)(=O)c3ccc(Cl)c(Cl)c3)cn12. The van der Waals surface area contributed by atoms with Gasteiger partial charge in [0, 0.05) is 24.9 Å². The first-order valence-electron chi connectivity index (χ1n) is 7.25. The molecular formula is C16H15Cl2N3O2S. The van der Waals surface area contributed by atoms with Gasteiger partial charge in [0.15, 0.2) is 0 Å². The van der Waals surface area contributed by atoms with E-state index < -0.39 is 10.0 Å². The molecule has 2 heterocycles. The van der Waals surface area contributed by atoms with E-state index in [1.807, 2.05) is 35.7 Å². The number of rotatable bonds is 5. The molecule has 0 saturated heterocycles. The number of nitrogens with one attached hydrogen (secondary N) is 1. The third-order valence-electron chi connectivity index (χ3n) is 3.62. The first-order valence-corrected chi connectivity index (χ1v) is 9.49. The molecule has 0 saturated carbocycles. The van der Waals surface area contributed by atoms with Gasteiger partial charge in [0.1, 0.15) is 5.65 Å². The van der Waals surface area contributed by atoms with Gasteiger partial charge >= 0.3 is 0 Å². The van der Waals surface area contributed by atoms with Gasteiger partial charge in [-0.05, 0) is 37.3 Å². The maximum Gasteiger partial charge on any atom is 0.240 e. The molecule has 0 atom stereocenters. The van der Waals surface area contributed by atoms with Crippen molar-refractivity contribution in [3.63, 3.8) is 0 Å². The van der Waals surface area contributed by atoms with Crippen molar-refractivity contribution in [2.75, 3.05) is 6.54 Å². The second-order valence-corrected chi connectivity index (χ2v) is 7.93. The van der Waals surface area contributed by atoms with Crippen LogP contribution in [0, 0.1) is 6.92 Å². The summed E-state index contributed by atoms with van der Waals surface area (Å²) < 4.78 is 29.1. The lowest BCUT2D eigenvalue weighted by Gasteiger charge is -2.06. The highest BCUT2D eigenvalue weighted by atomic mass is 35.5. The predicted molar refractivity (Wildman–Crippen MR) is 95.3 cm³/mol. The van der Waals surface area contributed by atoms with Gasteiger partial charge in [0.2, 0.25) is 10.0 Å². The van der Waals surface area contributed by atoms with Crippen LogP contribution in [0.5, 0.6) is 0 Å². The van der Waals surface area contributed by atoms with E-state index in [9.17, 15) is 8.42 Å². The number of imidazole rings is 1. The lowest BCUT2D eigenvalue weighted by atomic mass is 10.3. The number of sulfonamides is 1. The number of nitrogens with zero attached hydrogens (tertiary/aromatic N) is 2. The second-order valence-electron chi connectivity index (χ2n) is 5.35. The Morgan fingerprint density at radius 1 is 1.17 bits per heavy atom. The van der Waals surface area contributed by atoms with Gasteiger partial charge in [0.05, 0.1) is 20.6 Å². The Kier molecular flexibility index (Phi) is 4.83. The molecule has 0 spiro atoms. The molecule has 1 N–H and O–H groups in total. The minimum atomic E-state index is -3.64. The molecule has 126 valence electrons. The van der Waals surface area contributed by atoms with Crippen molar-refractivity contribution < 1.29 is 8.42 Å². The van der Waals surface area contributed by atoms with Gasteiger partial charge in [0.25, 0.3) is 0 Å². The Morgan fingerprint density at radius 2 is 1.96 bits per heavy atom. The molecule has 2 aromatic heterocycles. The van der Waals surface area contributed by atoms with Gasteiger partial charge < -0.3 is 4.40 Å². The second kappa shape index (κ2) is 6.72. The summed E-state index contributed by atoms with van der Waals surface area (Å²) in [6, 6.07) is 10.1. The van der Waals surface area contributed by atoms with Gasteiger partial charge in [-0.25, -0.2) is 18.1 Å². The molecular weight excluding hydrogens is 369 g/mol. The van der Waals surface area contributed by atoms with Gasteiger partial charge in [-0.2, -0.15) is 0 Å². The lowest BCUT2D eigenvalue weighted by molar-refractivity contribution is 0.581. The maximum atomic E-state index is 12.3. The zero-order valence-electron chi connectivity index (χ0n) is 12.8. The molecule has 24 heavy (non-hydrogen) atoms. The largest absolute Gasteiger partial charge is 0.304 e. The Bertz CT molecular complexity index is 1000. The van der Waals surface area contributed by atoms with Crippen LogP contribution in [0.2, 0.25) is 10.0 Å². The molecule has 1 aromatic carbocycles. The zero-order valence-corrected chi connectivity index (χ0v) is 15.2. The number of hydrogen-bond donors (Lipinski definition) is 1. The van der Waals surface area contributed by atoms with E-state index in [4.69, 9.17) is 23.2 Å². The van der Waals surface area contributed by atoms with E-state index in [-0.39, 0.29) is 16.5 Å². The minimum Gasteiger partial charge on any atom is -0.304 e. The highest BCUT2D eigenvalue weighted by Crippen LogP contribution is 2.24. The minimum absolute atomic E-state index is 0.0859. The lowest BCUT2D eigenvalue weighted by Crippen LogP contribution is -2.26. The van der Waals surface area contributed by atoms with Crippen LogP contribution in [-0.2, 0) is 16.4 Å². The van der Waals surface area contributed by atoms with Crippen molar-refractivity contribution in [1.82, 2.24) is 14.1 Å². The smallest absolute Gasteiger partial charge is 0.240 e. The van der Waals surface area contributed by atoms with Crippen LogP contribution < -0.4 is 4.72 Å². The fourth-order valence-corrected chi connectivity index (χ4v) is 3.78. The van der Waals surface area contributed by atoms with Gasteiger partial charge in [-0.1, -0.05) is 29.3 Å². The summed E-state index contributed by atoms with van der Waals surface area (Å²) in [4.78, 5) is 4.57. The summed E-state index contributed by atoms with van der Waals surface area (Å²) in [5, 5.41) is 0.519. The van der Waals surface area contributed by atoms with E-state index >= 15 is 0 Å². The number of halogens is 2. The van der Waals surface area contributed by atoms with Crippen LogP contribution in [0.1, 0.15) is 11.4 Å². The van der Waals surface area contributed by atoms with Crippen LogP contribution >= 0.6 is 23.2 Å². The molecule has 0 radical (unpaired) electrons. The van der Waals surface area contributed by atoms with E-state index in [0.29, 0.717) is 11.4 Å². The highest BCUT2D eigenvalue weighted by Gasteiger charge is 2.15. The standard InChI is InChI=1S/C16H15Cl2N3O2S/c1-11-3-2-4-16-20-12(10-21(11)16)7-8-19-24(22,23)13-5-6-14(17)15(18)9-13/h2-6,9-10,19H,7-8H2,1H3. The quantitative estimate of drug-likeness (QED) is 0.733. The molecule has 0 amide bonds. The summed E-state index contributed by atoms with van der Waals surface area (Å²) >= 11 is 11.7. The first-order chi connectivity index (χ1) is 11.4. The van der Waals surface area contributed by atoms with Crippen LogP contribution in [0.4, 0.5) is 0 Å². The predicted octanol–water partition coefficient (Wildman–Crippen LogP) is 3.47. The van der Waals surface area contributed by atoms with Crippen molar-refractivity contribution in [2.24, 2.45) is 0 Å². The monoisotopic (exact) mass is 383 g/mol. The van der Waals surface area contributed by atoms with E-state index in [1.165, 1.54) is 18.2 Å². The molecule has 5 nitrogen and oxygen atoms in total. The van der Waals surface area contributed by atoms with Crippen molar-refractivity contribution in [1.29, 1.82) is 0 Å². The Morgan fingerprint density at radius 3 is 2.67 bits per heavy atom.